The van der Waals surface area contributed by atoms with Gasteiger partial charge in [0.05, 0.1) is 19.4 Å². The first-order valence-corrected chi connectivity index (χ1v) is 7.24. The Hall–Kier alpha value is -2.14. The number of aromatic nitrogens is 2. The summed E-state index contributed by atoms with van der Waals surface area (Å²) in [6.45, 7) is 3.08. The number of nitrogens with one attached hydrogen (secondary N) is 1. The van der Waals surface area contributed by atoms with Gasteiger partial charge in [-0.15, -0.1) is 0 Å². The molecule has 5 nitrogen and oxygen atoms in total. The molecule has 0 unspecified atom stereocenters. The fraction of sp³-hybridized carbons (Fsp3) is 0.375. The number of rotatable bonds is 5. The first-order valence-electron chi connectivity index (χ1n) is 7.24. The van der Waals surface area contributed by atoms with Crippen LogP contribution in [0.15, 0.2) is 41.7 Å². The molecule has 21 heavy (non-hydrogen) atoms. The van der Waals surface area contributed by atoms with E-state index in [0.717, 1.165) is 42.0 Å². The summed E-state index contributed by atoms with van der Waals surface area (Å²) in [7, 11) is 1.91. The van der Waals surface area contributed by atoms with Crippen LogP contribution in [0.4, 0.5) is 0 Å². The number of hydrogen-bond donors (Lipinski definition) is 1. The van der Waals surface area contributed by atoms with Gasteiger partial charge in [0.25, 0.3) is 0 Å². The Morgan fingerprint density at radius 1 is 1.29 bits per heavy atom. The molecule has 2 aromatic rings. The molecule has 1 aliphatic heterocycles. The number of amidine groups is 1. The number of aryl methyl sites for hydroxylation is 1. The molecule has 1 N–H and O–H groups in total. The minimum atomic E-state index is 0.581. The number of nitrogens with zero attached hydrogens (tertiary/aromatic N) is 3. The number of benzene rings is 1. The van der Waals surface area contributed by atoms with Crippen LogP contribution in [-0.4, -0.2) is 28.7 Å². The van der Waals surface area contributed by atoms with Crippen LogP contribution in [0, 0.1) is 0 Å². The Morgan fingerprint density at radius 2 is 2.19 bits per heavy atom. The van der Waals surface area contributed by atoms with Gasteiger partial charge in [-0.3, -0.25) is 9.67 Å². The van der Waals surface area contributed by atoms with Gasteiger partial charge in [0.1, 0.15) is 5.84 Å². The maximum atomic E-state index is 5.75. The lowest BCUT2D eigenvalue weighted by Crippen LogP contribution is -2.30. The molecule has 0 radical (unpaired) electrons. The fourth-order valence-electron chi connectivity index (χ4n) is 2.37. The van der Waals surface area contributed by atoms with Crippen LogP contribution >= 0.6 is 0 Å². The predicted molar refractivity (Wildman–Crippen MR) is 82.2 cm³/mol. The summed E-state index contributed by atoms with van der Waals surface area (Å²) in [6, 6.07) is 8.36. The van der Waals surface area contributed by atoms with E-state index in [1.165, 1.54) is 0 Å². The summed E-state index contributed by atoms with van der Waals surface area (Å²) in [6.07, 6.45) is 4.91. The topological polar surface area (TPSA) is 51.4 Å². The SMILES string of the molecule is Cn1cc(COCc2cccc(C3=NCCCN3)c2)cn1. The normalized spacial score (nSPS) is 14.6. The molecular weight excluding hydrogens is 264 g/mol. The van der Waals surface area contributed by atoms with Crippen molar-refractivity contribution in [2.75, 3.05) is 13.1 Å². The molecular formula is C16H20N4O. The second-order valence-corrected chi connectivity index (χ2v) is 5.23. The molecule has 1 aliphatic rings. The van der Waals surface area contributed by atoms with E-state index in [1.54, 1.807) is 4.68 Å². The van der Waals surface area contributed by atoms with Crippen LogP contribution in [0.5, 0.6) is 0 Å². The zero-order valence-electron chi connectivity index (χ0n) is 12.2. The van der Waals surface area contributed by atoms with Crippen LogP contribution in [-0.2, 0) is 25.0 Å². The van der Waals surface area contributed by atoms with Crippen molar-refractivity contribution >= 4 is 5.84 Å². The monoisotopic (exact) mass is 284 g/mol. The van der Waals surface area contributed by atoms with E-state index >= 15 is 0 Å². The molecule has 1 aromatic heterocycles. The molecule has 0 fully saturated rings. The van der Waals surface area contributed by atoms with E-state index in [9.17, 15) is 0 Å². The zero-order valence-corrected chi connectivity index (χ0v) is 12.2. The van der Waals surface area contributed by atoms with E-state index in [1.807, 2.05) is 19.4 Å². The summed E-state index contributed by atoms with van der Waals surface area (Å²) in [5.74, 6) is 0.996. The van der Waals surface area contributed by atoms with Gasteiger partial charge in [-0.2, -0.15) is 5.10 Å². The highest BCUT2D eigenvalue weighted by Gasteiger charge is 2.07. The summed E-state index contributed by atoms with van der Waals surface area (Å²) in [4.78, 5) is 4.53. The summed E-state index contributed by atoms with van der Waals surface area (Å²) in [5, 5.41) is 7.48. The van der Waals surface area contributed by atoms with E-state index in [4.69, 9.17) is 4.74 Å². The molecule has 5 heteroatoms. The Balaban J connectivity index is 1.59. The lowest BCUT2D eigenvalue weighted by Gasteiger charge is -2.15. The highest BCUT2D eigenvalue weighted by molar-refractivity contribution is 5.99. The third-order valence-electron chi connectivity index (χ3n) is 3.39. The summed E-state index contributed by atoms with van der Waals surface area (Å²) < 4.78 is 7.53. The smallest absolute Gasteiger partial charge is 0.128 e. The van der Waals surface area contributed by atoms with Crippen LogP contribution in [0.25, 0.3) is 0 Å². The molecule has 0 aliphatic carbocycles. The van der Waals surface area contributed by atoms with Crippen molar-refractivity contribution in [3.63, 3.8) is 0 Å². The Kier molecular flexibility index (Phi) is 4.31. The van der Waals surface area contributed by atoms with Gasteiger partial charge in [0, 0.05) is 37.5 Å². The third-order valence-corrected chi connectivity index (χ3v) is 3.39. The average molecular weight is 284 g/mol. The van der Waals surface area contributed by atoms with Crippen molar-refractivity contribution in [3.05, 3.63) is 53.3 Å². The first kappa shape index (κ1) is 13.8. The standard InChI is InChI=1S/C16H20N4O/c1-20-10-14(9-19-20)12-21-11-13-4-2-5-15(8-13)16-17-6-3-7-18-16/h2,4-5,8-10H,3,6-7,11-12H2,1H3,(H,17,18). The number of aliphatic imine (C=N–C) groups is 1. The highest BCUT2D eigenvalue weighted by Crippen LogP contribution is 2.10. The summed E-state index contributed by atoms with van der Waals surface area (Å²) >= 11 is 0. The molecule has 1 aromatic carbocycles. The van der Waals surface area contributed by atoms with Gasteiger partial charge < -0.3 is 10.1 Å². The van der Waals surface area contributed by atoms with Crippen molar-refractivity contribution in [1.82, 2.24) is 15.1 Å². The first-order chi connectivity index (χ1) is 10.3. The van der Waals surface area contributed by atoms with Gasteiger partial charge in [-0.1, -0.05) is 18.2 Å². The zero-order chi connectivity index (χ0) is 14.5. The minimum absolute atomic E-state index is 0.581. The Labute approximate surface area is 124 Å². The molecule has 3 rings (SSSR count). The predicted octanol–water partition coefficient (Wildman–Crippen LogP) is 1.88. The molecule has 2 heterocycles. The molecule has 0 saturated carbocycles. The fourth-order valence-corrected chi connectivity index (χ4v) is 2.37. The lowest BCUT2D eigenvalue weighted by molar-refractivity contribution is 0.107. The van der Waals surface area contributed by atoms with E-state index in [2.05, 4.69) is 39.7 Å². The van der Waals surface area contributed by atoms with E-state index in [0.29, 0.717) is 13.2 Å². The van der Waals surface area contributed by atoms with E-state index < -0.39 is 0 Å². The molecule has 0 amide bonds. The Bertz CT molecular complexity index is 633. The van der Waals surface area contributed by atoms with Crippen molar-refractivity contribution < 1.29 is 4.74 Å². The second-order valence-electron chi connectivity index (χ2n) is 5.23. The summed E-state index contributed by atoms with van der Waals surface area (Å²) in [5.41, 5.74) is 3.38. The number of ether oxygens (including phenoxy) is 1. The van der Waals surface area contributed by atoms with Crippen molar-refractivity contribution in [2.45, 2.75) is 19.6 Å². The third kappa shape index (κ3) is 3.70. The van der Waals surface area contributed by atoms with Gasteiger partial charge >= 0.3 is 0 Å². The molecule has 110 valence electrons. The maximum absolute atomic E-state index is 5.75. The molecule has 0 bridgehead atoms. The van der Waals surface area contributed by atoms with E-state index in [-0.39, 0.29) is 0 Å². The average Bonchev–Trinajstić information content (AvgIpc) is 2.94. The van der Waals surface area contributed by atoms with Crippen molar-refractivity contribution in [1.29, 1.82) is 0 Å². The van der Waals surface area contributed by atoms with Gasteiger partial charge in [-0.25, -0.2) is 0 Å². The van der Waals surface area contributed by atoms with Crippen LogP contribution < -0.4 is 5.32 Å². The highest BCUT2D eigenvalue weighted by atomic mass is 16.5. The van der Waals surface area contributed by atoms with Gasteiger partial charge in [-0.05, 0) is 18.1 Å². The largest absolute Gasteiger partial charge is 0.372 e. The molecule has 0 atom stereocenters. The number of hydrogen-bond acceptors (Lipinski definition) is 4. The van der Waals surface area contributed by atoms with Crippen LogP contribution in [0.2, 0.25) is 0 Å². The lowest BCUT2D eigenvalue weighted by atomic mass is 10.1. The van der Waals surface area contributed by atoms with Crippen LogP contribution in [0.1, 0.15) is 23.1 Å². The van der Waals surface area contributed by atoms with Gasteiger partial charge in [0.15, 0.2) is 0 Å². The van der Waals surface area contributed by atoms with Gasteiger partial charge in [0.2, 0.25) is 0 Å². The molecule has 0 spiro atoms. The quantitative estimate of drug-likeness (QED) is 0.912. The minimum Gasteiger partial charge on any atom is -0.372 e. The molecule has 0 saturated heterocycles. The Morgan fingerprint density at radius 3 is 2.95 bits per heavy atom. The van der Waals surface area contributed by atoms with Crippen molar-refractivity contribution in [3.8, 4) is 0 Å². The second kappa shape index (κ2) is 6.54. The van der Waals surface area contributed by atoms with Crippen LogP contribution in [0.3, 0.4) is 0 Å². The van der Waals surface area contributed by atoms with Crippen molar-refractivity contribution in [2.24, 2.45) is 12.0 Å². The maximum Gasteiger partial charge on any atom is 0.128 e.